The third-order valence-corrected chi connectivity index (χ3v) is 2.86. The van der Waals surface area contributed by atoms with E-state index < -0.39 is 0 Å². The molecular formula is C15H18N2O. The molecule has 0 heterocycles. The van der Waals surface area contributed by atoms with Crippen molar-refractivity contribution in [3.05, 3.63) is 48.0 Å². The number of benzene rings is 2. The van der Waals surface area contributed by atoms with Gasteiger partial charge in [0.1, 0.15) is 5.75 Å². The van der Waals surface area contributed by atoms with Crippen LogP contribution < -0.4 is 15.8 Å². The maximum absolute atomic E-state index is 5.79. The number of nitrogens with one attached hydrogen (secondary N) is 1. The summed E-state index contributed by atoms with van der Waals surface area (Å²) in [7, 11) is 1.62. The number of aryl methyl sites for hydroxylation is 1. The van der Waals surface area contributed by atoms with Crippen LogP contribution in [0.1, 0.15) is 12.5 Å². The molecule has 94 valence electrons. The van der Waals surface area contributed by atoms with Gasteiger partial charge in [-0.15, -0.1) is 0 Å². The van der Waals surface area contributed by atoms with Gasteiger partial charge >= 0.3 is 0 Å². The fourth-order valence-corrected chi connectivity index (χ4v) is 1.82. The van der Waals surface area contributed by atoms with E-state index in [4.69, 9.17) is 10.5 Å². The maximum Gasteiger partial charge on any atom is 0.143 e. The highest BCUT2D eigenvalue weighted by Crippen LogP contribution is 2.27. The van der Waals surface area contributed by atoms with Crippen LogP contribution in [0.15, 0.2) is 42.5 Å². The summed E-state index contributed by atoms with van der Waals surface area (Å²) < 4.78 is 5.20. The van der Waals surface area contributed by atoms with E-state index in [9.17, 15) is 0 Å². The molecule has 0 bridgehead atoms. The van der Waals surface area contributed by atoms with Gasteiger partial charge in [0.15, 0.2) is 0 Å². The lowest BCUT2D eigenvalue weighted by Crippen LogP contribution is -1.95. The number of hydrogen-bond donors (Lipinski definition) is 2. The minimum atomic E-state index is 0.644. The van der Waals surface area contributed by atoms with E-state index in [-0.39, 0.29) is 0 Å². The number of ether oxygens (including phenoxy) is 1. The van der Waals surface area contributed by atoms with Crippen molar-refractivity contribution in [3.8, 4) is 5.75 Å². The molecule has 18 heavy (non-hydrogen) atoms. The minimum Gasteiger partial charge on any atom is -0.495 e. The van der Waals surface area contributed by atoms with E-state index in [0.29, 0.717) is 11.4 Å². The zero-order chi connectivity index (χ0) is 13.0. The second-order valence-electron chi connectivity index (χ2n) is 4.14. The van der Waals surface area contributed by atoms with Crippen molar-refractivity contribution in [3.63, 3.8) is 0 Å². The molecule has 2 aromatic rings. The molecule has 0 saturated heterocycles. The molecule has 0 aromatic heterocycles. The number of anilines is 3. The van der Waals surface area contributed by atoms with E-state index in [0.717, 1.165) is 17.8 Å². The van der Waals surface area contributed by atoms with Gasteiger partial charge in [0.05, 0.1) is 12.8 Å². The van der Waals surface area contributed by atoms with Crippen LogP contribution in [0.25, 0.3) is 0 Å². The van der Waals surface area contributed by atoms with E-state index in [2.05, 4.69) is 30.4 Å². The molecule has 2 aromatic carbocycles. The summed E-state index contributed by atoms with van der Waals surface area (Å²) in [4.78, 5) is 0. The molecule has 3 heteroatoms. The van der Waals surface area contributed by atoms with E-state index in [1.165, 1.54) is 5.56 Å². The first-order chi connectivity index (χ1) is 8.72. The highest BCUT2D eigenvalue weighted by molar-refractivity contribution is 5.67. The number of rotatable bonds is 4. The molecule has 0 aliphatic heterocycles. The van der Waals surface area contributed by atoms with Crippen LogP contribution in [0.3, 0.4) is 0 Å². The number of nitrogens with two attached hydrogens (primary N) is 1. The van der Waals surface area contributed by atoms with Gasteiger partial charge in [0.2, 0.25) is 0 Å². The third-order valence-electron chi connectivity index (χ3n) is 2.86. The van der Waals surface area contributed by atoms with Crippen molar-refractivity contribution in [2.75, 3.05) is 18.2 Å². The first-order valence-corrected chi connectivity index (χ1v) is 6.02. The first-order valence-electron chi connectivity index (χ1n) is 6.02. The summed E-state index contributed by atoms with van der Waals surface area (Å²) >= 11 is 0. The molecule has 0 saturated carbocycles. The van der Waals surface area contributed by atoms with Gasteiger partial charge in [0.25, 0.3) is 0 Å². The molecule has 3 nitrogen and oxygen atoms in total. The molecule has 0 atom stereocenters. The normalized spacial score (nSPS) is 10.1. The molecule has 0 unspecified atom stereocenters. The third kappa shape index (κ3) is 2.74. The molecule has 3 N–H and O–H groups in total. The molecule has 0 aliphatic carbocycles. The summed E-state index contributed by atoms with van der Waals surface area (Å²) in [5.74, 6) is 0.687. The second kappa shape index (κ2) is 5.45. The smallest absolute Gasteiger partial charge is 0.143 e. The van der Waals surface area contributed by atoms with Crippen LogP contribution in [-0.2, 0) is 6.42 Å². The Morgan fingerprint density at radius 2 is 1.89 bits per heavy atom. The van der Waals surface area contributed by atoms with Crippen molar-refractivity contribution in [1.29, 1.82) is 0 Å². The topological polar surface area (TPSA) is 47.3 Å². The predicted molar refractivity (Wildman–Crippen MR) is 76.5 cm³/mol. The lowest BCUT2D eigenvalue weighted by molar-refractivity contribution is 0.417. The van der Waals surface area contributed by atoms with E-state index in [1.54, 1.807) is 7.11 Å². The summed E-state index contributed by atoms with van der Waals surface area (Å²) in [6.45, 7) is 2.14. The quantitative estimate of drug-likeness (QED) is 0.805. The van der Waals surface area contributed by atoms with Crippen molar-refractivity contribution in [2.45, 2.75) is 13.3 Å². The van der Waals surface area contributed by atoms with Crippen LogP contribution in [0, 0.1) is 0 Å². The molecule has 0 radical (unpaired) electrons. The standard InChI is InChI=1S/C15H18N2O/c1-3-11-5-4-6-12(9-11)17-13-7-8-14(16)15(10-13)18-2/h4-10,17H,3,16H2,1-2H3. The fraction of sp³-hybridized carbons (Fsp3) is 0.200. The Morgan fingerprint density at radius 1 is 1.11 bits per heavy atom. The maximum atomic E-state index is 5.79. The molecule has 0 fully saturated rings. The van der Waals surface area contributed by atoms with Crippen LogP contribution in [-0.4, -0.2) is 7.11 Å². The summed E-state index contributed by atoms with van der Waals surface area (Å²) in [5, 5.41) is 3.34. The average Bonchev–Trinajstić information content (AvgIpc) is 2.41. The zero-order valence-corrected chi connectivity index (χ0v) is 10.7. The second-order valence-corrected chi connectivity index (χ2v) is 4.14. The lowest BCUT2D eigenvalue weighted by atomic mass is 10.1. The first kappa shape index (κ1) is 12.3. The Morgan fingerprint density at radius 3 is 2.61 bits per heavy atom. The van der Waals surface area contributed by atoms with E-state index in [1.807, 2.05) is 24.3 Å². The van der Waals surface area contributed by atoms with Crippen molar-refractivity contribution in [1.82, 2.24) is 0 Å². The Hall–Kier alpha value is -2.16. The summed E-state index contributed by atoms with van der Waals surface area (Å²) in [5.41, 5.74) is 9.78. The van der Waals surface area contributed by atoms with Gasteiger partial charge in [-0.1, -0.05) is 19.1 Å². The predicted octanol–water partition coefficient (Wildman–Crippen LogP) is 3.58. The molecular weight excluding hydrogens is 224 g/mol. The molecule has 0 spiro atoms. The SMILES string of the molecule is CCc1cccc(Nc2ccc(N)c(OC)c2)c1. The Bertz CT molecular complexity index is 538. The highest BCUT2D eigenvalue weighted by Gasteiger charge is 2.01. The van der Waals surface area contributed by atoms with Crippen LogP contribution >= 0.6 is 0 Å². The lowest BCUT2D eigenvalue weighted by Gasteiger charge is -2.10. The van der Waals surface area contributed by atoms with Crippen LogP contribution in [0.5, 0.6) is 5.75 Å². The van der Waals surface area contributed by atoms with Gasteiger partial charge < -0.3 is 15.8 Å². The van der Waals surface area contributed by atoms with Crippen LogP contribution in [0.4, 0.5) is 17.1 Å². The molecule has 0 amide bonds. The average molecular weight is 242 g/mol. The van der Waals surface area contributed by atoms with Gasteiger partial charge in [0, 0.05) is 17.4 Å². The Labute approximate surface area is 108 Å². The Balaban J connectivity index is 2.22. The van der Waals surface area contributed by atoms with Gasteiger partial charge in [-0.3, -0.25) is 0 Å². The van der Waals surface area contributed by atoms with Crippen LogP contribution in [0.2, 0.25) is 0 Å². The minimum absolute atomic E-state index is 0.644. The van der Waals surface area contributed by atoms with Crippen molar-refractivity contribution >= 4 is 17.1 Å². The fourth-order valence-electron chi connectivity index (χ4n) is 1.82. The van der Waals surface area contributed by atoms with Crippen molar-refractivity contribution in [2.24, 2.45) is 0 Å². The number of nitrogen functional groups attached to an aromatic ring is 1. The summed E-state index contributed by atoms with van der Waals surface area (Å²) in [6.07, 6.45) is 1.03. The molecule has 0 aliphatic rings. The Kier molecular flexibility index (Phi) is 3.72. The monoisotopic (exact) mass is 242 g/mol. The highest BCUT2D eigenvalue weighted by atomic mass is 16.5. The van der Waals surface area contributed by atoms with Gasteiger partial charge in [-0.2, -0.15) is 0 Å². The van der Waals surface area contributed by atoms with E-state index >= 15 is 0 Å². The van der Waals surface area contributed by atoms with Gasteiger partial charge in [-0.25, -0.2) is 0 Å². The van der Waals surface area contributed by atoms with Crippen molar-refractivity contribution < 1.29 is 4.74 Å². The number of hydrogen-bond acceptors (Lipinski definition) is 3. The van der Waals surface area contributed by atoms with Gasteiger partial charge in [-0.05, 0) is 36.2 Å². The molecule has 2 rings (SSSR count). The summed E-state index contributed by atoms with van der Waals surface area (Å²) in [6, 6.07) is 14.0. The zero-order valence-electron chi connectivity index (χ0n) is 10.7. The number of methoxy groups -OCH3 is 1. The largest absolute Gasteiger partial charge is 0.495 e.